The van der Waals surface area contributed by atoms with Crippen molar-refractivity contribution in [2.45, 2.75) is 18.5 Å². The van der Waals surface area contributed by atoms with Gasteiger partial charge in [-0.25, -0.2) is 9.36 Å². The molecule has 148 valence electrons. The number of nitriles is 1. The molecule has 2 aliphatic heterocycles. The fourth-order valence-electron chi connectivity index (χ4n) is 4.56. The Labute approximate surface area is 177 Å². The van der Waals surface area contributed by atoms with E-state index < -0.39 is 0 Å². The first kappa shape index (κ1) is 18.2. The molecule has 2 N–H and O–H groups in total. The molecule has 3 aromatic rings. The SMILES string of the molecule is C#CCNC(=S)N1C[C@H]2CC1c1c(O)n(-c3ccc(C#N)c4ncccc34)c(=O)n12. The first-order chi connectivity index (χ1) is 14.6. The normalized spacial score (nSPS) is 18.8. The molecule has 0 radical (unpaired) electrons. The molecular weight excluding hydrogens is 400 g/mol. The highest BCUT2D eigenvalue weighted by molar-refractivity contribution is 7.80. The van der Waals surface area contributed by atoms with E-state index in [0.29, 0.717) is 52.5 Å². The molecule has 0 saturated carbocycles. The average molecular weight is 416 g/mol. The van der Waals surface area contributed by atoms with Gasteiger partial charge in [0.15, 0.2) is 5.11 Å². The third-order valence-corrected chi connectivity index (χ3v) is 6.15. The van der Waals surface area contributed by atoms with E-state index in [0.717, 1.165) is 0 Å². The summed E-state index contributed by atoms with van der Waals surface area (Å²) >= 11 is 5.44. The molecule has 0 amide bonds. The Morgan fingerprint density at radius 3 is 3.03 bits per heavy atom. The van der Waals surface area contributed by atoms with Crippen molar-refractivity contribution in [2.24, 2.45) is 0 Å². The topological polar surface area (TPSA) is 99.1 Å². The number of fused-ring (bicyclic) bond motifs is 6. The number of terminal acetylenes is 1. The maximum atomic E-state index is 13.3. The van der Waals surface area contributed by atoms with E-state index in [4.69, 9.17) is 18.6 Å². The molecule has 2 aliphatic rings. The zero-order valence-electron chi connectivity index (χ0n) is 15.7. The summed E-state index contributed by atoms with van der Waals surface area (Å²) in [6, 6.07) is 8.62. The van der Waals surface area contributed by atoms with E-state index in [2.05, 4.69) is 22.3 Å². The number of hydrogen-bond acceptors (Lipinski definition) is 5. The molecule has 0 spiro atoms. The molecule has 2 atom stereocenters. The minimum atomic E-state index is -0.313. The molecule has 1 unspecified atom stereocenters. The second-order valence-electron chi connectivity index (χ2n) is 7.26. The van der Waals surface area contributed by atoms with Crippen LogP contribution in [0.2, 0.25) is 0 Å². The zero-order chi connectivity index (χ0) is 21.0. The van der Waals surface area contributed by atoms with Crippen LogP contribution in [-0.4, -0.2) is 42.3 Å². The van der Waals surface area contributed by atoms with E-state index in [9.17, 15) is 15.2 Å². The quantitative estimate of drug-likeness (QED) is 0.483. The Morgan fingerprint density at radius 1 is 1.43 bits per heavy atom. The summed E-state index contributed by atoms with van der Waals surface area (Å²) in [5.41, 5.74) is 1.61. The van der Waals surface area contributed by atoms with Crippen LogP contribution < -0.4 is 11.0 Å². The van der Waals surface area contributed by atoms with Gasteiger partial charge in [0, 0.05) is 18.1 Å². The van der Waals surface area contributed by atoms with Gasteiger partial charge >= 0.3 is 5.69 Å². The third-order valence-electron chi connectivity index (χ3n) is 5.77. The van der Waals surface area contributed by atoms with Gasteiger partial charge in [-0.2, -0.15) is 5.26 Å². The second kappa shape index (κ2) is 6.61. The van der Waals surface area contributed by atoms with Crippen LogP contribution in [0.15, 0.2) is 35.3 Å². The third kappa shape index (κ3) is 2.36. The molecule has 2 bridgehead atoms. The molecule has 4 heterocycles. The Bertz CT molecular complexity index is 1360. The van der Waals surface area contributed by atoms with Crippen molar-refractivity contribution in [1.82, 2.24) is 24.3 Å². The Hall–Kier alpha value is -3.82. The van der Waals surface area contributed by atoms with Crippen LogP contribution in [0.1, 0.15) is 29.8 Å². The van der Waals surface area contributed by atoms with E-state index in [1.165, 1.54) is 4.57 Å². The van der Waals surface area contributed by atoms with Crippen molar-refractivity contribution in [1.29, 1.82) is 5.26 Å². The van der Waals surface area contributed by atoms with Gasteiger partial charge < -0.3 is 15.3 Å². The fourth-order valence-corrected chi connectivity index (χ4v) is 4.83. The van der Waals surface area contributed by atoms with Gasteiger partial charge in [-0.3, -0.25) is 9.55 Å². The second-order valence-corrected chi connectivity index (χ2v) is 7.65. The summed E-state index contributed by atoms with van der Waals surface area (Å²) in [4.78, 5) is 19.6. The monoisotopic (exact) mass is 416 g/mol. The number of hydrogen-bond donors (Lipinski definition) is 2. The fraction of sp³-hybridized carbons (Fsp3) is 0.238. The minimum absolute atomic E-state index is 0.0852. The Balaban J connectivity index is 1.66. The zero-order valence-corrected chi connectivity index (χ0v) is 16.6. The predicted octanol–water partition coefficient (Wildman–Crippen LogP) is 1.57. The van der Waals surface area contributed by atoms with Gasteiger partial charge in [-0.05, 0) is 42.9 Å². The predicted molar refractivity (Wildman–Crippen MR) is 114 cm³/mol. The van der Waals surface area contributed by atoms with E-state index in [-0.39, 0.29) is 23.7 Å². The van der Waals surface area contributed by atoms with Gasteiger partial charge in [0.1, 0.15) is 11.8 Å². The highest BCUT2D eigenvalue weighted by atomic mass is 32.1. The highest BCUT2D eigenvalue weighted by Gasteiger charge is 2.48. The van der Waals surface area contributed by atoms with Crippen LogP contribution >= 0.6 is 12.2 Å². The number of benzene rings is 1. The lowest BCUT2D eigenvalue weighted by atomic mass is 10.1. The summed E-state index contributed by atoms with van der Waals surface area (Å²) in [5.74, 6) is 2.38. The van der Waals surface area contributed by atoms with Crippen LogP contribution in [-0.2, 0) is 0 Å². The number of thiocarbonyl (C=S) groups is 1. The van der Waals surface area contributed by atoms with Crippen LogP contribution in [0.4, 0.5) is 0 Å². The maximum absolute atomic E-state index is 13.3. The van der Waals surface area contributed by atoms with Crippen LogP contribution in [0, 0.1) is 23.7 Å². The molecule has 30 heavy (non-hydrogen) atoms. The molecule has 2 aromatic heterocycles. The van der Waals surface area contributed by atoms with Gasteiger partial charge in [0.2, 0.25) is 5.88 Å². The van der Waals surface area contributed by atoms with Gasteiger partial charge in [0.05, 0.1) is 35.4 Å². The molecule has 8 nitrogen and oxygen atoms in total. The molecule has 1 fully saturated rings. The standard InChI is InChI=1S/C21H16N6O2S/c1-2-7-24-20(30)25-11-13-9-16(25)18-19(28)27(21(29)26(13)18)15-6-5-12(10-22)17-14(15)4-3-8-23-17/h1,3-6,8,13,16,28H,7,9,11H2,(H,24,30)/t13-,16?/m1/s1. The summed E-state index contributed by atoms with van der Waals surface area (Å²) in [7, 11) is 0. The van der Waals surface area contributed by atoms with Gasteiger partial charge in [-0.1, -0.05) is 5.92 Å². The van der Waals surface area contributed by atoms with E-state index >= 15 is 0 Å². The summed E-state index contributed by atoms with van der Waals surface area (Å²) in [6.45, 7) is 0.893. The van der Waals surface area contributed by atoms with Crippen molar-refractivity contribution >= 4 is 28.2 Å². The lowest BCUT2D eigenvalue weighted by Gasteiger charge is -2.29. The number of likely N-dealkylation sites (tertiary alicyclic amines) is 1. The number of pyridine rings is 1. The lowest BCUT2D eigenvalue weighted by molar-refractivity contribution is 0.334. The van der Waals surface area contributed by atoms with Crippen molar-refractivity contribution in [3.8, 4) is 30.0 Å². The smallest absolute Gasteiger partial charge is 0.336 e. The Morgan fingerprint density at radius 2 is 2.27 bits per heavy atom. The summed E-state index contributed by atoms with van der Waals surface area (Å²) < 4.78 is 2.95. The van der Waals surface area contributed by atoms with Gasteiger partial charge in [-0.15, -0.1) is 6.42 Å². The van der Waals surface area contributed by atoms with Crippen LogP contribution in [0.3, 0.4) is 0 Å². The van der Waals surface area contributed by atoms with Crippen molar-refractivity contribution in [3.63, 3.8) is 0 Å². The Kier molecular flexibility index (Phi) is 4.02. The highest BCUT2D eigenvalue weighted by Crippen LogP contribution is 2.48. The molecule has 5 rings (SSSR count). The van der Waals surface area contributed by atoms with Crippen molar-refractivity contribution in [3.05, 3.63) is 52.2 Å². The van der Waals surface area contributed by atoms with Crippen LogP contribution in [0.5, 0.6) is 5.88 Å². The molecule has 1 saturated heterocycles. The molecule has 9 heteroatoms. The van der Waals surface area contributed by atoms with E-state index in [1.54, 1.807) is 35.0 Å². The first-order valence-corrected chi connectivity index (χ1v) is 9.80. The molecular formula is C21H16N6O2S. The van der Waals surface area contributed by atoms with Crippen LogP contribution in [0.25, 0.3) is 16.6 Å². The number of nitrogens with zero attached hydrogens (tertiary/aromatic N) is 5. The maximum Gasteiger partial charge on any atom is 0.336 e. The van der Waals surface area contributed by atoms with Crippen molar-refractivity contribution < 1.29 is 5.11 Å². The number of imidazole rings is 1. The van der Waals surface area contributed by atoms with Gasteiger partial charge in [0.25, 0.3) is 0 Å². The largest absolute Gasteiger partial charge is 0.493 e. The first-order valence-electron chi connectivity index (χ1n) is 9.39. The van der Waals surface area contributed by atoms with Crippen molar-refractivity contribution in [2.75, 3.05) is 13.1 Å². The number of aromatic hydroxyl groups is 1. The number of rotatable bonds is 2. The molecule has 1 aromatic carbocycles. The number of aromatic nitrogens is 3. The van der Waals surface area contributed by atoms with E-state index in [1.807, 2.05) is 4.90 Å². The molecule has 0 aliphatic carbocycles. The minimum Gasteiger partial charge on any atom is -0.493 e. The lowest BCUT2D eigenvalue weighted by Crippen LogP contribution is -2.43. The average Bonchev–Trinajstić information content (AvgIpc) is 3.43. The summed E-state index contributed by atoms with van der Waals surface area (Å²) in [5, 5.41) is 24.6. The summed E-state index contributed by atoms with van der Waals surface area (Å²) in [6.07, 6.45) is 7.60. The number of nitrogens with one attached hydrogen (secondary N) is 1.